The van der Waals surface area contributed by atoms with Crippen LogP contribution in [0.5, 0.6) is 0 Å². The SMILES string of the molecule is O=C(NCC[C@H](CCO)c1ccccc1)c1cc2ccccc2o1. The first-order valence-electron chi connectivity index (χ1n) is 8.20. The number of fused-ring (bicyclic) bond motifs is 1. The lowest BCUT2D eigenvalue weighted by molar-refractivity contribution is 0.0926. The van der Waals surface area contributed by atoms with Crippen LogP contribution in [0.15, 0.2) is 65.1 Å². The first-order chi connectivity index (χ1) is 11.8. The lowest BCUT2D eigenvalue weighted by Crippen LogP contribution is -2.25. The van der Waals surface area contributed by atoms with Crippen LogP contribution in [0.1, 0.15) is 34.9 Å². The summed E-state index contributed by atoms with van der Waals surface area (Å²) in [6.07, 6.45) is 1.46. The summed E-state index contributed by atoms with van der Waals surface area (Å²) in [6.45, 7) is 0.673. The molecule has 0 aliphatic heterocycles. The zero-order valence-corrected chi connectivity index (χ0v) is 13.4. The van der Waals surface area contributed by atoms with Gasteiger partial charge in [0, 0.05) is 18.5 Å². The Morgan fingerprint density at radius 3 is 2.54 bits per heavy atom. The molecule has 0 unspecified atom stereocenters. The van der Waals surface area contributed by atoms with Crippen LogP contribution >= 0.6 is 0 Å². The van der Waals surface area contributed by atoms with Crippen molar-refractivity contribution in [3.05, 3.63) is 72.0 Å². The Labute approximate surface area is 141 Å². The summed E-state index contributed by atoms with van der Waals surface area (Å²) >= 11 is 0. The second-order valence-corrected chi connectivity index (χ2v) is 5.81. The molecule has 0 aliphatic carbocycles. The van der Waals surface area contributed by atoms with Crippen LogP contribution in [-0.2, 0) is 0 Å². The van der Waals surface area contributed by atoms with Crippen LogP contribution in [-0.4, -0.2) is 24.2 Å². The molecule has 1 aromatic heterocycles. The molecule has 0 aliphatic rings. The maximum absolute atomic E-state index is 12.2. The van der Waals surface area contributed by atoms with Gasteiger partial charge in [0.15, 0.2) is 5.76 Å². The van der Waals surface area contributed by atoms with E-state index in [9.17, 15) is 9.90 Å². The van der Waals surface area contributed by atoms with E-state index in [1.807, 2.05) is 42.5 Å². The van der Waals surface area contributed by atoms with Crippen molar-refractivity contribution in [2.24, 2.45) is 0 Å². The minimum Gasteiger partial charge on any atom is -0.451 e. The van der Waals surface area contributed by atoms with Gasteiger partial charge in [0.2, 0.25) is 0 Å². The van der Waals surface area contributed by atoms with Gasteiger partial charge in [0.25, 0.3) is 5.91 Å². The summed E-state index contributed by atoms with van der Waals surface area (Å²) in [5.74, 6) is 0.351. The van der Waals surface area contributed by atoms with Gasteiger partial charge in [-0.05, 0) is 36.5 Å². The Morgan fingerprint density at radius 2 is 1.79 bits per heavy atom. The van der Waals surface area contributed by atoms with Gasteiger partial charge in [-0.1, -0.05) is 48.5 Å². The normalized spacial score (nSPS) is 12.2. The molecule has 124 valence electrons. The fourth-order valence-corrected chi connectivity index (χ4v) is 2.90. The number of carbonyl (C=O) groups excluding carboxylic acids is 1. The number of hydrogen-bond acceptors (Lipinski definition) is 3. The van der Waals surface area contributed by atoms with Gasteiger partial charge in [0.05, 0.1) is 0 Å². The molecule has 2 aromatic carbocycles. The monoisotopic (exact) mass is 323 g/mol. The molecule has 2 N–H and O–H groups in total. The summed E-state index contributed by atoms with van der Waals surface area (Å²) in [5.41, 5.74) is 1.90. The minimum absolute atomic E-state index is 0.136. The van der Waals surface area contributed by atoms with Crippen molar-refractivity contribution in [3.8, 4) is 0 Å². The van der Waals surface area contributed by atoms with Crippen LogP contribution in [0.25, 0.3) is 11.0 Å². The summed E-state index contributed by atoms with van der Waals surface area (Å²) < 4.78 is 5.57. The number of amides is 1. The molecule has 0 spiro atoms. The average Bonchev–Trinajstić information content (AvgIpc) is 3.06. The number of hydrogen-bond donors (Lipinski definition) is 2. The average molecular weight is 323 g/mol. The fourth-order valence-electron chi connectivity index (χ4n) is 2.90. The van der Waals surface area contributed by atoms with E-state index < -0.39 is 0 Å². The van der Waals surface area contributed by atoms with E-state index in [2.05, 4.69) is 17.4 Å². The molecule has 0 saturated heterocycles. The molecule has 24 heavy (non-hydrogen) atoms. The third kappa shape index (κ3) is 3.84. The molecule has 0 saturated carbocycles. The van der Waals surface area contributed by atoms with E-state index >= 15 is 0 Å². The molecule has 0 fully saturated rings. The molecule has 1 amide bonds. The Bertz CT molecular complexity index is 762. The third-order valence-corrected chi connectivity index (χ3v) is 4.18. The summed E-state index contributed by atoms with van der Waals surface area (Å²) in [7, 11) is 0. The minimum atomic E-state index is -0.206. The fraction of sp³-hybridized carbons (Fsp3) is 0.250. The van der Waals surface area contributed by atoms with Crippen LogP contribution in [0.2, 0.25) is 0 Å². The first-order valence-corrected chi connectivity index (χ1v) is 8.20. The standard InChI is InChI=1S/C20H21NO3/c22-13-11-16(15-6-2-1-3-7-15)10-12-21-20(23)19-14-17-8-4-5-9-18(17)24-19/h1-9,14,16,22H,10-13H2,(H,21,23)/t16-/m1/s1. The molecule has 0 bridgehead atoms. The van der Waals surface area contributed by atoms with Crippen LogP contribution in [0.3, 0.4) is 0 Å². The predicted octanol–water partition coefficient (Wildman–Crippen LogP) is 3.72. The van der Waals surface area contributed by atoms with Gasteiger partial charge >= 0.3 is 0 Å². The second kappa shape index (κ2) is 7.79. The number of para-hydroxylation sites is 1. The van der Waals surface area contributed by atoms with E-state index in [0.29, 0.717) is 24.3 Å². The number of rotatable bonds is 7. The highest BCUT2D eigenvalue weighted by molar-refractivity contribution is 5.96. The van der Waals surface area contributed by atoms with E-state index in [1.54, 1.807) is 6.07 Å². The van der Waals surface area contributed by atoms with Crippen molar-refractivity contribution < 1.29 is 14.3 Å². The number of aliphatic hydroxyl groups is 1. The number of aliphatic hydroxyl groups excluding tert-OH is 1. The number of furan rings is 1. The molecular formula is C20H21NO3. The van der Waals surface area contributed by atoms with E-state index in [-0.39, 0.29) is 18.4 Å². The Kier molecular flexibility index (Phi) is 5.29. The first kappa shape index (κ1) is 16.3. The Balaban J connectivity index is 1.59. The molecule has 0 radical (unpaired) electrons. The van der Waals surface area contributed by atoms with Gasteiger partial charge in [-0.3, -0.25) is 4.79 Å². The third-order valence-electron chi connectivity index (χ3n) is 4.18. The maximum atomic E-state index is 12.2. The lowest BCUT2D eigenvalue weighted by atomic mass is 9.93. The Morgan fingerprint density at radius 1 is 1.04 bits per heavy atom. The highest BCUT2D eigenvalue weighted by atomic mass is 16.3. The van der Waals surface area contributed by atoms with E-state index in [4.69, 9.17) is 4.42 Å². The van der Waals surface area contributed by atoms with E-state index in [1.165, 1.54) is 5.56 Å². The second-order valence-electron chi connectivity index (χ2n) is 5.81. The summed E-state index contributed by atoms with van der Waals surface area (Å²) in [4.78, 5) is 12.2. The number of nitrogens with one attached hydrogen (secondary N) is 1. The van der Waals surface area contributed by atoms with Gasteiger partial charge in [0.1, 0.15) is 5.58 Å². The quantitative estimate of drug-likeness (QED) is 0.696. The lowest BCUT2D eigenvalue weighted by Gasteiger charge is -2.16. The van der Waals surface area contributed by atoms with Crippen molar-refractivity contribution >= 4 is 16.9 Å². The van der Waals surface area contributed by atoms with Gasteiger partial charge < -0.3 is 14.8 Å². The maximum Gasteiger partial charge on any atom is 0.287 e. The summed E-state index contributed by atoms with van der Waals surface area (Å²) in [6, 6.07) is 19.4. The van der Waals surface area contributed by atoms with Crippen LogP contribution in [0, 0.1) is 0 Å². The molecule has 3 aromatic rings. The smallest absolute Gasteiger partial charge is 0.287 e. The van der Waals surface area contributed by atoms with Gasteiger partial charge in [-0.25, -0.2) is 0 Å². The zero-order chi connectivity index (χ0) is 16.8. The molecule has 4 nitrogen and oxygen atoms in total. The van der Waals surface area contributed by atoms with Crippen molar-refractivity contribution in [2.75, 3.05) is 13.2 Å². The number of benzene rings is 2. The van der Waals surface area contributed by atoms with Crippen LogP contribution in [0.4, 0.5) is 0 Å². The van der Waals surface area contributed by atoms with Crippen LogP contribution < -0.4 is 5.32 Å². The van der Waals surface area contributed by atoms with Crippen molar-refractivity contribution in [2.45, 2.75) is 18.8 Å². The highest BCUT2D eigenvalue weighted by Crippen LogP contribution is 2.23. The molecular weight excluding hydrogens is 302 g/mol. The number of carbonyl (C=O) groups is 1. The molecule has 1 atom stereocenters. The largest absolute Gasteiger partial charge is 0.451 e. The van der Waals surface area contributed by atoms with Crippen molar-refractivity contribution in [3.63, 3.8) is 0 Å². The van der Waals surface area contributed by atoms with Gasteiger partial charge in [-0.2, -0.15) is 0 Å². The molecule has 1 heterocycles. The van der Waals surface area contributed by atoms with Gasteiger partial charge in [-0.15, -0.1) is 0 Å². The molecule has 4 heteroatoms. The molecule has 3 rings (SSSR count). The predicted molar refractivity (Wildman–Crippen MR) is 94.1 cm³/mol. The highest BCUT2D eigenvalue weighted by Gasteiger charge is 2.14. The van der Waals surface area contributed by atoms with Crippen molar-refractivity contribution in [1.82, 2.24) is 5.32 Å². The topological polar surface area (TPSA) is 62.5 Å². The van der Waals surface area contributed by atoms with Crippen molar-refractivity contribution in [1.29, 1.82) is 0 Å². The summed E-state index contributed by atoms with van der Waals surface area (Å²) in [5, 5.41) is 13.1. The van der Waals surface area contributed by atoms with E-state index in [0.717, 1.165) is 11.8 Å². The Hall–Kier alpha value is -2.59. The zero-order valence-electron chi connectivity index (χ0n) is 13.4.